The summed E-state index contributed by atoms with van der Waals surface area (Å²) in [5, 5.41) is 31.0. The molecule has 27 heavy (non-hydrogen) atoms. The molecule has 0 fully saturated rings. The molecule has 2 heterocycles. The minimum Gasteiger partial charge on any atom is -0.762 e. The Bertz CT molecular complexity index is 1070. The molecule has 0 aliphatic carbocycles. The predicted molar refractivity (Wildman–Crippen MR) is 80.2 cm³/mol. The Kier molecular flexibility index (Phi) is 5.66. The summed E-state index contributed by atoms with van der Waals surface area (Å²) in [4.78, 5) is 27.2. The molecule has 0 spiro atoms. The van der Waals surface area contributed by atoms with Crippen molar-refractivity contribution >= 4 is 35.7 Å². The van der Waals surface area contributed by atoms with E-state index in [1.165, 1.54) is 0 Å². The Labute approximate surface area is 144 Å². The third kappa shape index (κ3) is 4.57. The van der Waals surface area contributed by atoms with Crippen LogP contribution in [0.1, 0.15) is 0 Å². The summed E-state index contributed by atoms with van der Waals surface area (Å²) in [5.41, 5.74) is 33.6. The first-order valence-electron chi connectivity index (χ1n) is 6.01. The lowest BCUT2D eigenvalue weighted by atomic mass is 10.8. The van der Waals surface area contributed by atoms with Crippen molar-refractivity contribution in [3.05, 3.63) is 47.0 Å². The number of aromatic nitrogens is 6. The van der Waals surface area contributed by atoms with Crippen molar-refractivity contribution in [1.82, 2.24) is 24.9 Å². The van der Waals surface area contributed by atoms with Gasteiger partial charge in [-0.15, -0.1) is 0 Å². The molecule has 0 aliphatic heterocycles. The highest BCUT2D eigenvalue weighted by atomic mass is 16.5. The summed E-state index contributed by atoms with van der Waals surface area (Å²) in [7, 11) is 0. The molecule has 21 nitrogen and oxygen atoms in total. The van der Waals surface area contributed by atoms with Gasteiger partial charge in [0.1, 0.15) is 0 Å². The lowest BCUT2D eigenvalue weighted by molar-refractivity contribution is -0.583. The first-order chi connectivity index (χ1) is 13.1. The lowest BCUT2D eigenvalue weighted by Crippen LogP contribution is -2.28. The fraction of sp³-hybridized carbons (Fsp3) is 0. The van der Waals surface area contributed by atoms with Crippen LogP contribution in [0.15, 0.2) is 30.7 Å². The van der Waals surface area contributed by atoms with Gasteiger partial charge in [0.2, 0.25) is 11.9 Å². The molecule has 0 aliphatic rings. The van der Waals surface area contributed by atoms with E-state index in [4.69, 9.17) is 22.1 Å². The van der Waals surface area contributed by atoms with Crippen LogP contribution in [0.4, 0.5) is 35.7 Å². The molecule has 21 heteroatoms. The van der Waals surface area contributed by atoms with Crippen LogP contribution >= 0.6 is 0 Å². The van der Waals surface area contributed by atoms with Gasteiger partial charge in [0.05, 0.1) is 0 Å². The predicted octanol–water partition coefficient (Wildman–Crippen LogP) is 3.48. The van der Waals surface area contributed by atoms with Gasteiger partial charge >= 0.3 is 17.8 Å². The Morgan fingerprint density at radius 1 is 0.593 bits per heavy atom. The van der Waals surface area contributed by atoms with Crippen LogP contribution in [0.25, 0.3) is 41.8 Å². The van der Waals surface area contributed by atoms with Crippen LogP contribution in [0, 0.1) is 5.21 Å². The minimum absolute atomic E-state index is 0.122. The maximum atomic E-state index is 11.9. The molecule has 0 amide bonds. The van der Waals surface area contributed by atoms with Crippen molar-refractivity contribution in [3.63, 3.8) is 0 Å². The molecule has 2 aromatic heterocycles. The van der Waals surface area contributed by atoms with Crippen LogP contribution in [0.5, 0.6) is 0 Å². The van der Waals surface area contributed by atoms with Crippen LogP contribution in [-0.2, 0) is 0 Å². The van der Waals surface area contributed by atoms with E-state index in [9.17, 15) is 5.21 Å². The normalized spacial score (nSPS) is 9.48. The van der Waals surface area contributed by atoms with Crippen molar-refractivity contribution in [2.24, 2.45) is 30.7 Å². The topological polar surface area (TPSA) is 311 Å². The van der Waals surface area contributed by atoms with E-state index in [0.29, 0.717) is 0 Å². The molecule has 2 rings (SSSR count). The van der Waals surface area contributed by atoms with E-state index in [2.05, 4.69) is 75.3 Å². The van der Waals surface area contributed by atoms with Crippen molar-refractivity contribution in [3.8, 4) is 0 Å². The summed E-state index contributed by atoms with van der Waals surface area (Å²) in [6, 6.07) is 0. The van der Waals surface area contributed by atoms with Gasteiger partial charge in [-0.1, -0.05) is 15.1 Å². The second-order valence-electron chi connectivity index (χ2n) is 3.61. The molecule has 0 aromatic carbocycles. The van der Waals surface area contributed by atoms with Crippen LogP contribution in [-0.4, -0.2) is 24.9 Å². The third-order valence-electron chi connectivity index (χ3n) is 2.13. The average molecular weight is 368 g/mol. The highest BCUT2D eigenvalue weighted by molar-refractivity contribution is 5.33. The third-order valence-corrected chi connectivity index (χ3v) is 2.13. The van der Waals surface area contributed by atoms with Gasteiger partial charge in [-0.2, -0.15) is 9.97 Å². The number of rotatable bonds is 6. The SMILES string of the molecule is [N-]=[N+]=Nc1nc(N=[N+]=[N-])nc(/N=N/c2nc(N=[N+]=[N-])nc(N=[N+]=[N-])[n+]2[O-])n1. The van der Waals surface area contributed by atoms with E-state index >= 15 is 0 Å². The fourth-order valence-electron chi connectivity index (χ4n) is 1.28. The zero-order valence-corrected chi connectivity index (χ0v) is 12.4. The van der Waals surface area contributed by atoms with Gasteiger partial charge in [-0.25, -0.2) is 9.71 Å². The smallest absolute Gasteiger partial charge is 0.443 e. The number of hydrogen-bond acceptors (Lipinski definition) is 12. The van der Waals surface area contributed by atoms with Gasteiger partial charge in [0, 0.05) is 25.4 Å². The Hall–Kier alpha value is -5.34. The molecule has 0 saturated heterocycles. The van der Waals surface area contributed by atoms with Gasteiger partial charge in [0.15, 0.2) is 4.91 Å². The summed E-state index contributed by atoms with van der Waals surface area (Å²) >= 11 is 0. The number of azide groups is 4. The summed E-state index contributed by atoms with van der Waals surface area (Å²) < 4.78 is -0.122. The Balaban J connectivity index is 2.57. The van der Waals surface area contributed by atoms with E-state index < -0.39 is 35.7 Å². The molecule has 0 saturated carbocycles. The van der Waals surface area contributed by atoms with Crippen molar-refractivity contribution < 1.29 is 4.73 Å². The van der Waals surface area contributed by atoms with Crippen LogP contribution in [0.2, 0.25) is 0 Å². The highest BCUT2D eigenvalue weighted by Gasteiger charge is 2.19. The molecule has 2 aromatic rings. The van der Waals surface area contributed by atoms with Gasteiger partial charge in [-0.05, 0) is 31.9 Å². The van der Waals surface area contributed by atoms with Gasteiger partial charge < -0.3 is 5.21 Å². The monoisotopic (exact) mass is 368 g/mol. The molecule has 0 N–H and O–H groups in total. The molecule has 0 radical (unpaired) electrons. The first-order valence-corrected chi connectivity index (χ1v) is 6.01. The largest absolute Gasteiger partial charge is 0.762 e. The van der Waals surface area contributed by atoms with Gasteiger partial charge in [-0.3, -0.25) is 0 Å². The number of azo groups is 1. The molecule has 0 atom stereocenters. The van der Waals surface area contributed by atoms with Gasteiger partial charge in [0.25, 0.3) is 11.1 Å². The molecular weight excluding hydrogens is 368 g/mol. The molecular formula is C6N20O. The van der Waals surface area contributed by atoms with E-state index in [1.807, 2.05) is 0 Å². The molecule has 0 unspecified atom stereocenters. The lowest BCUT2D eigenvalue weighted by Gasteiger charge is -2.03. The first kappa shape index (κ1) is 18.0. The maximum Gasteiger partial charge on any atom is 0.443 e. The standard InChI is InChI=1S/C6N20O/c7-22-17-2-11-1(12-3(13-2)18-23-8)16-20-5-14-4(19-24-9)15-6(21-25-10)26(5)27/b20-16+. The zero-order valence-electron chi connectivity index (χ0n) is 12.4. The second-order valence-corrected chi connectivity index (χ2v) is 3.61. The van der Waals surface area contributed by atoms with E-state index in [-0.39, 0.29) is 4.73 Å². The molecule has 130 valence electrons. The maximum absolute atomic E-state index is 11.9. The van der Waals surface area contributed by atoms with Crippen molar-refractivity contribution in [2.45, 2.75) is 0 Å². The highest BCUT2D eigenvalue weighted by Crippen LogP contribution is 2.19. The molecule has 0 bridgehead atoms. The zero-order chi connectivity index (χ0) is 19.6. The average Bonchev–Trinajstić information content (AvgIpc) is 2.64. The second kappa shape index (κ2) is 8.49. The van der Waals surface area contributed by atoms with E-state index in [0.717, 1.165) is 0 Å². The van der Waals surface area contributed by atoms with Crippen LogP contribution in [0.3, 0.4) is 0 Å². The summed E-state index contributed by atoms with van der Waals surface area (Å²) in [6.45, 7) is 0. The summed E-state index contributed by atoms with van der Waals surface area (Å²) in [6.07, 6.45) is 0. The fourth-order valence-corrected chi connectivity index (χ4v) is 1.28. The summed E-state index contributed by atoms with van der Waals surface area (Å²) in [5.74, 6) is -3.63. The Morgan fingerprint density at radius 3 is 1.56 bits per heavy atom. The van der Waals surface area contributed by atoms with Crippen molar-refractivity contribution in [1.29, 1.82) is 0 Å². The number of hydrogen-bond donors (Lipinski definition) is 0. The van der Waals surface area contributed by atoms with Crippen molar-refractivity contribution in [2.75, 3.05) is 0 Å². The Morgan fingerprint density at radius 2 is 1.04 bits per heavy atom. The van der Waals surface area contributed by atoms with Crippen LogP contribution < -0.4 is 4.73 Å². The minimum atomic E-state index is -0.774. The number of nitrogens with zero attached hydrogens (tertiary/aromatic N) is 20. The van der Waals surface area contributed by atoms with E-state index in [1.54, 1.807) is 0 Å². The quantitative estimate of drug-likeness (QED) is 0.241.